The molecular weight excluding hydrogens is 260 g/mol. The van der Waals surface area contributed by atoms with Crippen molar-refractivity contribution in [3.05, 3.63) is 39.2 Å². The zero-order valence-electron chi connectivity index (χ0n) is 11.9. The van der Waals surface area contributed by atoms with Gasteiger partial charge in [0.2, 0.25) is 0 Å². The van der Waals surface area contributed by atoms with Gasteiger partial charge in [-0.25, -0.2) is 4.79 Å². The fraction of sp³-hybridized carbons (Fsp3) is 0.333. The maximum Gasteiger partial charge on any atom is 0.340 e. The van der Waals surface area contributed by atoms with Crippen molar-refractivity contribution >= 4 is 16.9 Å². The number of carbonyl (C=O) groups excluding carboxylic acids is 1. The number of hydrogen-bond donors (Lipinski definition) is 0. The zero-order chi connectivity index (χ0) is 14.9. The lowest BCUT2D eigenvalue weighted by molar-refractivity contribution is -0.139. The highest BCUT2D eigenvalue weighted by atomic mass is 16.5. The number of aryl methyl sites for hydroxylation is 2. The summed E-state index contributed by atoms with van der Waals surface area (Å²) >= 11 is 0. The molecule has 0 unspecified atom stereocenters. The third-order valence-electron chi connectivity index (χ3n) is 3.42. The molecule has 106 valence electrons. The molecule has 2 rings (SSSR count). The topological polar surface area (TPSA) is 65.7 Å². The molecule has 1 aromatic carbocycles. The van der Waals surface area contributed by atoms with Crippen molar-refractivity contribution < 1.29 is 18.7 Å². The van der Waals surface area contributed by atoms with Gasteiger partial charge < -0.3 is 13.9 Å². The summed E-state index contributed by atoms with van der Waals surface area (Å²) in [6, 6.07) is 3.63. The Kier molecular flexibility index (Phi) is 3.79. The zero-order valence-corrected chi connectivity index (χ0v) is 11.9. The highest BCUT2D eigenvalue weighted by molar-refractivity contribution is 5.86. The number of carbonyl (C=O) groups is 1. The molecule has 0 saturated heterocycles. The van der Waals surface area contributed by atoms with E-state index in [9.17, 15) is 9.59 Å². The van der Waals surface area contributed by atoms with Gasteiger partial charge in [0.25, 0.3) is 0 Å². The highest BCUT2D eigenvalue weighted by Crippen LogP contribution is 2.29. The van der Waals surface area contributed by atoms with Gasteiger partial charge in [0.15, 0.2) is 0 Å². The smallest absolute Gasteiger partial charge is 0.340 e. The maximum atomic E-state index is 12.0. The van der Waals surface area contributed by atoms with Crippen molar-refractivity contribution in [3.8, 4) is 5.75 Å². The Hall–Kier alpha value is -2.30. The summed E-state index contributed by atoms with van der Waals surface area (Å²) < 4.78 is 15.2. The first-order valence-electron chi connectivity index (χ1n) is 6.16. The van der Waals surface area contributed by atoms with E-state index < -0.39 is 11.6 Å². The molecule has 5 nitrogen and oxygen atoms in total. The van der Waals surface area contributed by atoms with Crippen LogP contribution in [0.4, 0.5) is 0 Å². The van der Waals surface area contributed by atoms with Crippen molar-refractivity contribution in [2.24, 2.45) is 0 Å². The summed E-state index contributed by atoms with van der Waals surface area (Å²) in [6.07, 6.45) is -0.0916. The molecule has 0 fully saturated rings. The second kappa shape index (κ2) is 5.36. The Morgan fingerprint density at radius 3 is 2.50 bits per heavy atom. The molecule has 0 saturated carbocycles. The minimum atomic E-state index is -0.517. The summed E-state index contributed by atoms with van der Waals surface area (Å²) in [4.78, 5) is 23.4. The van der Waals surface area contributed by atoms with Crippen molar-refractivity contribution in [3.63, 3.8) is 0 Å². The molecule has 0 N–H and O–H groups in total. The predicted octanol–water partition coefficient (Wildman–Crippen LogP) is 2.13. The average Bonchev–Trinajstić information content (AvgIpc) is 2.44. The van der Waals surface area contributed by atoms with Crippen LogP contribution in [-0.2, 0) is 16.0 Å². The van der Waals surface area contributed by atoms with Crippen LogP contribution in [0.3, 0.4) is 0 Å². The van der Waals surface area contributed by atoms with Gasteiger partial charge in [0.1, 0.15) is 11.3 Å². The van der Waals surface area contributed by atoms with Gasteiger partial charge in [-0.3, -0.25) is 4.79 Å². The summed E-state index contributed by atoms with van der Waals surface area (Å²) in [5.74, 6) is 0.186. The minimum Gasteiger partial charge on any atom is -0.496 e. The van der Waals surface area contributed by atoms with Gasteiger partial charge in [0.05, 0.1) is 26.2 Å². The largest absolute Gasteiger partial charge is 0.496 e. The molecule has 0 amide bonds. The Morgan fingerprint density at radius 1 is 1.20 bits per heavy atom. The number of fused-ring (bicyclic) bond motifs is 1. The lowest BCUT2D eigenvalue weighted by Crippen LogP contribution is -2.16. The van der Waals surface area contributed by atoms with Crippen molar-refractivity contribution in [1.82, 2.24) is 0 Å². The van der Waals surface area contributed by atoms with Gasteiger partial charge in [-0.05, 0) is 31.5 Å². The minimum absolute atomic E-state index is 0.0916. The molecule has 5 heteroatoms. The maximum absolute atomic E-state index is 12.0. The molecule has 20 heavy (non-hydrogen) atoms. The van der Waals surface area contributed by atoms with Crippen molar-refractivity contribution in [2.75, 3.05) is 14.2 Å². The van der Waals surface area contributed by atoms with E-state index in [4.69, 9.17) is 9.15 Å². The standard InChI is InChI=1S/C15H16O5/c1-8-10-5-6-12(18-3)9(2)14(10)20-15(17)11(8)7-13(16)19-4/h5-6H,7H2,1-4H3. The second-order valence-corrected chi connectivity index (χ2v) is 4.52. The molecule has 2 aromatic rings. The molecule has 0 aliphatic heterocycles. The Labute approximate surface area is 116 Å². The molecule has 0 atom stereocenters. The summed E-state index contributed by atoms with van der Waals surface area (Å²) in [7, 11) is 2.85. The van der Waals surface area contributed by atoms with Gasteiger partial charge in [-0.2, -0.15) is 0 Å². The Morgan fingerprint density at radius 2 is 1.90 bits per heavy atom. The molecular formula is C15H16O5. The second-order valence-electron chi connectivity index (χ2n) is 4.52. The number of hydrogen-bond acceptors (Lipinski definition) is 5. The molecule has 0 bridgehead atoms. The van der Waals surface area contributed by atoms with Gasteiger partial charge in [-0.15, -0.1) is 0 Å². The summed E-state index contributed by atoms with van der Waals surface area (Å²) in [6.45, 7) is 3.62. The van der Waals surface area contributed by atoms with E-state index in [0.29, 0.717) is 16.9 Å². The third kappa shape index (κ3) is 2.27. The van der Waals surface area contributed by atoms with Crippen LogP contribution in [0.1, 0.15) is 16.7 Å². The van der Waals surface area contributed by atoms with E-state index in [-0.39, 0.29) is 6.42 Å². The fourth-order valence-corrected chi connectivity index (χ4v) is 2.21. The lowest BCUT2D eigenvalue weighted by atomic mass is 10.0. The molecule has 0 aliphatic rings. The van der Waals surface area contributed by atoms with E-state index in [2.05, 4.69) is 4.74 Å². The quantitative estimate of drug-likeness (QED) is 0.634. The lowest BCUT2D eigenvalue weighted by Gasteiger charge is -2.11. The summed E-state index contributed by atoms with van der Waals surface area (Å²) in [5.41, 5.74) is 1.79. The van der Waals surface area contributed by atoms with Crippen LogP contribution >= 0.6 is 0 Å². The van der Waals surface area contributed by atoms with Crippen LogP contribution in [0, 0.1) is 13.8 Å². The molecule has 0 radical (unpaired) electrons. The molecule has 0 spiro atoms. The normalized spacial score (nSPS) is 10.6. The molecule has 0 aliphatic carbocycles. The molecule has 1 heterocycles. The highest BCUT2D eigenvalue weighted by Gasteiger charge is 2.17. The first kappa shape index (κ1) is 14.1. The van der Waals surface area contributed by atoms with Crippen LogP contribution in [0.5, 0.6) is 5.75 Å². The first-order chi connectivity index (χ1) is 9.49. The fourth-order valence-electron chi connectivity index (χ4n) is 2.21. The van der Waals surface area contributed by atoms with Crippen molar-refractivity contribution in [1.29, 1.82) is 0 Å². The van der Waals surface area contributed by atoms with E-state index in [1.165, 1.54) is 7.11 Å². The van der Waals surface area contributed by atoms with Gasteiger partial charge in [0, 0.05) is 10.9 Å². The van der Waals surface area contributed by atoms with E-state index in [1.807, 2.05) is 19.1 Å². The monoisotopic (exact) mass is 276 g/mol. The van der Waals surface area contributed by atoms with Crippen LogP contribution in [-0.4, -0.2) is 20.2 Å². The number of ether oxygens (including phenoxy) is 2. The average molecular weight is 276 g/mol. The van der Waals surface area contributed by atoms with Crippen LogP contribution in [0.15, 0.2) is 21.3 Å². The predicted molar refractivity (Wildman–Crippen MR) is 74.2 cm³/mol. The Balaban J connectivity index is 2.71. The van der Waals surface area contributed by atoms with Crippen LogP contribution < -0.4 is 10.4 Å². The number of rotatable bonds is 3. The van der Waals surface area contributed by atoms with Crippen molar-refractivity contribution in [2.45, 2.75) is 20.3 Å². The SMILES string of the molecule is COC(=O)Cc1c(C)c2ccc(OC)c(C)c2oc1=O. The number of esters is 1. The summed E-state index contributed by atoms with van der Waals surface area (Å²) in [5, 5.41) is 0.793. The van der Waals surface area contributed by atoms with Gasteiger partial charge >= 0.3 is 11.6 Å². The van der Waals surface area contributed by atoms with Gasteiger partial charge in [-0.1, -0.05) is 0 Å². The van der Waals surface area contributed by atoms with Crippen LogP contribution in [0.25, 0.3) is 11.0 Å². The number of methoxy groups -OCH3 is 2. The van der Waals surface area contributed by atoms with E-state index >= 15 is 0 Å². The molecule has 1 aromatic heterocycles. The number of benzene rings is 1. The van der Waals surface area contributed by atoms with E-state index in [0.717, 1.165) is 16.5 Å². The Bertz CT molecular complexity index is 727. The third-order valence-corrected chi connectivity index (χ3v) is 3.42. The van der Waals surface area contributed by atoms with Crippen LogP contribution in [0.2, 0.25) is 0 Å². The van der Waals surface area contributed by atoms with E-state index in [1.54, 1.807) is 14.0 Å². The first-order valence-corrected chi connectivity index (χ1v) is 6.16.